The largest absolute Gasteiger partial charge is 0.381 e. The molecule has 1 spiro atoms. The molecule has 1 unspecified atom stereocenters. The molecule has 0 bridgehead atoms. The molecule has 2 aliphatic rings. The molecule has 3 nitrogen and oxygen atoms in total. The van der Waals surface area contributed by atoms with Crippen LogP contribution < -0.4 is 4.90 Å². The van der Waals surface area contributed by atoms with E-state index in [9.17, 15) is 0 Å². The summed E-state index contributed by atoms with van der Waals surface area (Å²) in [7, 11) is 0. The van der Waals surface area contributed by atoms with Crippen molar-refractivity contribution >= 4 is 11.9 Å². The van der Waals surface area contributed by atoms with E-state index in [0.717, 1.165) is 37.8 Å². The van der Waals surface area contributed by atoms with E-state index in [-0.39, 0.29) is 0 Å². The fourth-order valence-electron chi connectivity index (χ4n) is 3.04. The minimum absolute atomic E-state index is 0.389. The van der Waals surface area contributed by atoms with Gasteiger partial charge in [0.25, 0.3) is 0 Å². The van der Waals surface area contributed by atoms with Gasteiger partial charge in [-0.25, -0.2) is 4.98 Å². The molecule has 18 heavy (non-hydrogen) atoms. The fourth-order valence-corrected chi connectivity index (χ4v) is 3.04. The Morgan fingerprint density at radius 2 is 2.33 bits per heavy atom. The van der Waals surface area contributed by atoms with E-state index in [2.05, 4.69) is 35.5 Å². The van der Waals surface area contributed by atoms with E-state index in [4.69, 9.17) is 4.74 Å². The van der Waals surface area contributed by atoms with Gasteiger partial charge in [0, 0.05) is 25.1 Å². The zero-order valence-electron chi connectivity index (χ0n) is 11.0. The highest BCUT2D eigenvalue weighted by atomic mass is 16.5. The van der Waals surface area contributed by atoms with E-state index in [1.54, 1.807) is 0 Å². The lowest BCUT2D eigenvalue weighted by atomic mass is 9.87. The molecular weight excluding hydrogens is 224 g/mol. The fraction of sp³-hybridized carbons (Fsp3) is 0.533. The van der Waals surface area contributed by atoms with Crippen molar-refractivity contribution in [3.8, 4) is 0 Å². The van der Waals surface area contributed by atoms with Crippen LogP contribution in [0.5, 0.6) is 0 Å². The van der Waals surface area contributed by atoms with Crippen molar-refractivity contribution in [3.63, 3.8) is 0 Å². The summed E-state index contributed by atoms with van der Waals surface area (Å²) in [6.45, 7) is 9.94. The maximum Gasteiger partial charge on any atom is 0.129 e. The second-order valence-corrected chi connectivity index (χ2v) is 5.61. The molecule has 0 N–H and O–H groups in total. The summed E-state index contributed by atoms with van der Waals surface area (Å²) in [6, 6.07) is 4.24. The Bertz CT molecular complexity index is 464. The lowest BCUT2D eigenvalue weighted by Crippen LogP contribution is -2.28. The zero-order valence-corrected chi connectivity index (χ0v) is 11.0. The van der Waals surface area contributed by atoms with Gasteiger partial charge in [0.05, 0.1) is 12.3 Å². The smallest absolute Gasteiger partial charge is 0.129 e. The van der Waals surface area contributed by atoms with E-state index >= 15 is 0 Å². The van der Waals surface area contributed by atoms with E-state index < -0.39 is 0 Å². The van der Waals surface area contributed by atoms with Crippen LogP contribution in [0.15, 0.2) is 18.7 Å². The minimum Gasteiger partial charge on any atom is -0.381 e. The number of ether oxygens (including phenoxy) is 1. The number of pyridine rings is 1. The van der Waals surface area contributed by atoms with Crippen molar-refractivity contribution in [1.82, 2.24) is 4.98 Å². The van der Waals surface area contributed by atoms with Crippen molar-refractivity contribution in [2.75, 3.05) is 31.2 Å². The van der Waals surface area contributed by atoms with Gasteiger partial charge in [-0.15, -0.1) is 0 Å². The quantitative estimate of drug-likeness (QED) is 0.799. The Morgan fingerprint density at radius 1 is 1.44 bits per heavy atom. The average molecular weight is 244 g/mol. The van der Waals surface area contributed by atoms with Crippen molar-refractivity contribution in [3.05, 3.63) is 30.0 Å². The number of rotatable bonds is 2. The Morgan fingerprint density at radius 3 is 3.06 bits per heavy atom. The maximum atomic E-state index is 5.57. The van der Waals surface area contributed by atoms with Gasteiger partial charge >= 0.3 is 0 Å². The molecule has 3 rings (SSSR count). The van der Waals surface area contributed by atoms with Gasteiger partial charge in [0.2, 0.25) is 0 Å². The predicted octanol–water partition coefficient (Wildman–Crippen LogP) is 2.65. The molecule has 2 fully saturated rings. The molecule has 96 valence electrons. The number of hydrogen-bond acceptors (Lipinski definition) is 3. The van der Waals surface area contributed by atoms with Crippen LogP contribution in [0, 0.1) is 12.3 Å². The summed E-state index contributed by atoms with van der Waals surface area (Å²) in [5.74, 6) is 1.09. The third-order valence-electron chi connectivity index (χ3n) is 4.13. The van der Waals surface area contributed by atoms with Gasteiger partial charge in [-0.2, -0.15) is 0 Å². The summed E-state index contributed by atoms with van der Waals surface area (Å²) in [5, 5.41) is 0. The first-order valence-corrected chi connectivity index (χ1v) is 6.65. The van der Waals surface area contributed by atoms with Crippen LogP contribution in [-0.4, -0.2) is 31.3 Å². The summed E-state index contributed by atoms with van der Waals surface area (Å²) in [5.41, 5.74) is 2.60. The van der Waals surface area contributed by atoms with Gasteiger partial charge in [-0.1, -0.05) is 6.58 Å². The van der Waals surface area contributed by atoms with Crippen molar-refractivity contribution in [1.29, 1.82) is 0 Å². The molecule has 0 saturated carbocycles. The molecule has 0 aromatic carbocycles. The standard InChI is InChI=1S/C15H20N2O/c1-3-13-8-12(2)9-14(16-13)17-6-4-15(10-17)5-7-18-11-15/h3,8-9H,1,4-7,10-11H2,2H3. The van der Waals surface area contributed by atoms with Gasteiger partial charge in [0.15, 0.2) is 0 Å². The number of nitrogens with zero attached hydrogens (tertiary/aromatic N) is 2. The molecule has 1 aromatic rings. The summed E-state index contributed by atoms with van der Waals surface area (Å²) < 4.78 is 5.57. The van der Waals surface area contributed by atoms with Gasteiger partial charge in [-0.05, 0) is 43.5 Å². The second-order valence-electron chi connectivity index (χ2n) is 5.61. The van der Waals surface area contributed by atoms with Gasteiger partial charge in [0.1, 0.15) is 5.82 Å². The number of aryl methyl sites for hydroxylation is 1. The van der Waals surface area contributed by atoms with Crippen molar-refractivity contribution in [2.24, 2.45) is 5.41 Å². The van der Waals surface area contributed by atoms with Crippen LogP contribution in [-0.2, 0) is 4.74 Å². The third kappa shape index (κ3) is 2.03. The van der Waals surface area contributed by atoms with Crippen LogP contribution >= 0.6 is 0 Å². The van der Waals surface area contributed by atoms with Gasteiger partial charge in [-0.3, -0.25) is 0 Å². The Kier molecular flexibility index (Phi) is 2.86. The molecule has 0 radical (unpaired) electrons. The van der Waals surface area contributed by atoms with Gasteiger partial charge < -0.3 is 9.64 Å². The monoisotopic (exact) mass is 244 g/mol. The van der Waals surface area contributed by atoms with Crippen molar-refractivity contribution in [2.45, 2.75) is 19.8 Å². The van der Waals surface area contributed by atoms with Crippen LogP contribution in [0.4, 0.5) is 5.82 Å². The summed E-state index contributed by atoms with van der Waals surface area (Å²) in [4.78, 5) is 7.05. The van der Waals surface area contributed by atoms with E-state index in [1.807, 2.05) is 6.08 Å². The first-order chi connectivity index (χ1) is 8.71. The first kappa shape index (κ1) is 11.7. The molecule has 3 heterocycles. The summed E-state index contributed by atoms with van der Waals surface area (Å²) in [6.07, 6.45) is 4.25. The lowest BCUT2D eigenvalue weighted by molar-refractivity contribution is 0.160. The third-order valence-corrected chi connectivity index (χ3v) is 4.13. The summed E-state index contributed by atoms with van der Waals surface area (Å²) >= 11 is 0. The van der Waals surface area contributed by atoms with Crippen LogP contribution in [0.25, 0.3) is 6.08 Å². The highest BCUT2D eigenvalue weighted by Gasteiger charge is 2.41. The average Bonchev–Trinajstić information content (AvgIpc) is 3.00. The molecule has 0 aliphatic carbocycles. The molecule has 1 aromatic heterocycles. The molecule has 1 atom stereocenters. The molecule has 0 amide bonds. The van der Waals surface area contributed by atoms with Crippen LogP contribution in [0.2, 0.25) is 0 Å². The van der Waals surface area contributed by atoms with E-state index in [0.29, 0.717) is 5.41 Å². The maximum absolute atomic E-state index is 5.57. The Hall–Kier alpha value is -1.35. The lowest BCUT2D eigenvalue weighted by Gasteiger charge is -2.23. The normalized spacial score (nSPS) is 27.1. The number of hydrogen-bond donors (Lipinski definition) is 0. The topological polar surface area (TPSA) is 25.4 Å². The Balaban J connectivity index is 1.83. The molecule has 2 aliphatic heterocycles. The predicted molar refractivity (Wildman–Crippen MR) is 73.8 cm³/mol. The SMILES string of the molecule is C=Cc1cc(C)cc(N2CCC3(CCOC3)C2)n1. The van der Waals surface area contributed by atoms with E-state index in [1.165, 1.54) is 18.4 Å². The molecule has 3 heteroatoms. The Labute approximate surface area is 108 Å². The highest BCUT2D eigenvalue weighted by Crippen LogP contribution is 2.39. The van der Waals surface area contributed by atoms with Crippen LogP contribution in [0.1, 0.15) is 24.1 Å². The zero-order chi connectivity index (χ0) is 12.6. The molecule has 2 saturated heterocycles. The number of anilines is 1. The first-order valence-electron chi connectivity index (χ1n) is 6.65. The molecular formula is C15H20N2O. The second kappa shape index (κ2) is 4.39. The minimum atomic E-state index is 0.389. The van der Waals surface area contributed by atoms with Crippen LogP contribution in [0.3, 0.4) is 0 Å². The highest BCUT2D eigenvalue weighted by molar-refractivity contribution is 5.51. The number of aromatic nitrogens is 1. The van der Waals surface area contributed by atoms with Crippen molar-refractivity contribution < 1.29 is 4.74 Å².